The molecule has 9 heteroatoms. The molecule has 0 saturated carbocycles. The van der Waals surface area contributed by atoms with Gasteiger partial charge in [0.2, 0.25) is 0 Å². The fraction of sp³-hybridized carbons (Fsp3) is 0.300. The van der Waals surface area contributed by atoms with E-state index in [-0.39, 0.29) is 22.7 Å². The van der Waals surface area contributed by atoms with E-state index in [0.29, 0.717) is 10.7 Å². The Bertz CT molecular complexity index is 995. The summed E-state index contributed by atoms with van der Waals surface area (Å²) in [5.41, 5.74) is 5.49. The maximum absolute atomic E-state index is 14.7. The number of benzene rings is 2. The smallest absolute Gasteiger partial charge is 0.255 e. The Hall–Kier alpha value is -2.13. The number of amides is 1. The van der Waals surface area contributed by atoms with Crippen molar-refractivity contribution < 1.29 is 18.3 Å². The highest BCUT2D eigenvalue weighted by Gasteiger charge is 2.49. The second-order valence-electron chi connectivity index (χ2n) is 7.75. The van der Waals surface area contributed by atoms with Crippen LogP contribution in [-0.2, 0) is 5.54 Å². The molecule has 0 aliphatic carbocycles. The first kappa shape index (κ1) is 21.6. The number of carbonyl (C=O) groups is 1. The molecule has 0 saturated heterocycles. The number of rotatable bonds is 3. The summed E-state index contributed by atoms with van der Waals surface area (Å²) in [6.07, 6.45) is 0. The van der Waals surface area contributed by atoms with E-state index in [0.717, 1.165) is 6.07 Å². The number of anilines is 1. The van der Waals surface area contributed by atoms with Crippen LogP contribution in [0.25, 0.3) is 0 Å². The molecule has 0 radical (unpaired) electrons. The molecule has 0 bridgehead atoms. The van der Waals surface area contributed by atoms with Gasteiger partial charge in [-0.05, 0) is 63.2 Å². The second kappa shape index (κ2) is 7.28. The molecule has 29 heavy (non-hydrogen) atoms. The molecule has 1 amide bonds. The third kappa shape index (κ3) is 3.98. The molecule has 2 aromatic carbocycles. The molecule has 5 N–H and O–H groups in total. The summed E-state index contributed by atoms with van der Waals surface area (Å²) in [5.74, 6) is -1.23. The lowest BCUT2D eigenvalue weighted by Crippen LogP contribution is -2.52. The molecular formula is C20H23ClFN3O3S. The largest absolute Gasteiger partial charge is 0.386 e. The maximum atomic E-state index is 14.7. The number of nitrogens with zero attached hydrogens (tertiary/aromatic N) is 1. The highest BCUT2D eigenvalue weighted by atomic mass is 35.5. The molecule has 156 valence electrons. The van der Waals surface area contributed by atoms with Crippen molar-refractivity contribution in [1.29, 1.82) is 0 Å². The monoisotopic (exact) mass is 439 g/mol. The van der Waals surface area contributed by atoms with Crippen molar-refractivity contribution in [3.05, 3.63) is 64.4 Å². The van der Waals surface area contributed by atoms with Crippen LogP contribution < -0.4 is 11.1 Å². The lowest BCUT2D eigenvalue weighted by atomic mass is 9.91. The quantitative estimate of drug-likeness (QED) is 0.548. The van der Waals surface area contributed by atoms with E-state index < -0.39 is 32.6 Å². The van der Waals surface area contributed by atoms with Gasteiger partial charge < -0.3 is 11.1 Å². The van der Waals surface area contributed by atoms with Crippen LogP contribution >= 0.6 is 22.2 Å². The van der Waals surface area contributed by atoms with Gasteiger partial charge in [-0.3, -0.25) is 18.9 Å². The molecule has 0 unspecified atom stereocenters. The number of nitrogens with one attached hydrogen (secondary N) is 1. The van der Waals surface area contributed by atoms with Gasteiger partial charge in [-0.2, -0.15) is 10.6 Å². The predicted octanol–water partition coefficient (Wildman–Crippen LogP) is 4.85. The number of nitrogens with two attached hydrogens (primary N) is 1. The van der Waals surface area contributed by atoms with E-state index in [1.165, 1.54) is 12.1 Å². The first-order valence-electron chi connectivity index (χ1n) is 8.84. The number of hydrogen-bond acceptors (Lipinski definition) is 5. The van der Waals surface area contributed by atoms with Crippen LogP contribution in [0.4, 0.5) is 10.1 Å². The molecule has 0 spiro atoms. The van der Waals surface area contributed by atoms with Crippen LogP contribution in [0.5, 0.6) is 0 Å². The van der Waals surface area contributed by atoms with Gasteiger partial charge in [0.05, 0.1) is 5.75 Å². The topological polar surface area (TPSA) is 108 Å². The zero-order valence-corrected chi connectivity index (χ0v) is 17.8. The molecule has 1 aliphatic rings. The Balaban J connectivity index is 1.98. The Morgan fingerprint density at radius 1 is 1.21 bits per heavy atom. The van der Waals surface area contributed by atoms with Crippen LogP contribution in [0.2, 0.25) is 5.02 Å². The standard InChI is InChI=1S/C20H23ClFN3O3S/c1-19(2)18(23)25-20(3,11-29(19,27)28)15-10-12(4-9-16(15)22)17(26)24-14-7-5-13(21)6-8-14/h4-10,27-28H,11H2,1-3H3,(H2,23,25)(H,24,26)/t20-/m0/s1. The molecule has 6 nitrogen and oxygen atoms in total. The third-order valence-electron chi connectivity index (χ3n) is 5.19. The van der Waals surface area contributed by atoms with Crippen molar-refractivity contribution in [3.8, 4) is 0 Å². The molecule has 2 aromatic rings. The minimum Gasteiger partial charge on any atom is -0.386 e. The molecule has 1 heterocycles. The van der Waals surface area contributed by atoms with Gasteiger partial charge in [0.15, 0.2) is 0 Å². The van der Waals surface area contributed by atoms with E-state index in [2.05, 4.69) is 10.3 Å². The minimum absolute atomic E-state index is 0.0293. The van der Waals surface area contributed by atoms with Crippen molar-refractivity contribution in [2.45, 2.75) is 31.1 Å². The van der Waals surface area contributed by atoms with Crippen LogP contribution in [0.1, 0.15) is 36.7 Å². The third-order valence-corrected chi connectivity index (χ3v) is 8.25. The van der Waals surface area contributed by atoms with E-state index in [9.17, 15) is 18.3 Å². The van der Waals surface area contributed by atoms with Crippen molar-refractivity contribution >= 4 is 39.6 Å². The number of hydrogen-bond donors (Lipinski definition) is 4. The Labute approximate surface area is 175 Å². The summed E-state index contributed by atoms with van der Waals surface area (Å²) >= 11 is 5.84. The first-order chi connectivity index (χ1) is 13.4. The van der Waals surface area contributed by atoms with E-state index in [1.807, 2.05) is 0 Å². The molecular weight excluding hydrogens is 417 g/mol. The van der Waals surface area contributed by atoms with Crippen molar-refractivity contribution in [3.63, 3.8) is 0 Å². The molecule has 0 fully saturated rings. The summed E-state index contributed by atoms with van der Waals surface area (Å²) in [7, 11) is -3.20. The zero-order valence-electron chi connectivity index (χ0n) is 16.2. The van der Waals surface area contributed by atoms with Gasteiger partial charge >= 0.3 is 0 Å². The summed E-state index contributed by atoms with van der Waals surface area (Å²) < 4.78 is 34.8. The van der Waals surface area contributed by atoms with Crippen molar-refractivity contribution in [1.82, 2.24) is 0 Å². The number of carbonyl (C=O) groups excluding carboxylic acids is 1. The second-order valence-corrected chi connectivity index (χ2v) is 10.8. The van der Waals surface area contributed by atoms with Gasteiger partial charge in [0.1, 0.15) is 21.9 Å². The highest BCUT2D eigenvalue weighted by Crippen LogP contribution is 2.59. The van der Waals surface area contributed by atoms with Crippen LogP contribution in [0.15, 0.2) is 47.5 Å². The van der Waals surface area contributed by atoms with E-state index >= 15 is 0 Å². The van der Waals surface area contributed by atoms with Gasteiger partial charge in [0.25, 0.3) is 5.91 Å². The average Bonchev–Trinajstić information content (AvgIpc) is 2.62. The average molecular weight is 440 g/mol. The summed E-state index contributed by atoms with van der Waals surface area (Å²) in [4.78, 5) is 17.0. The lowest BCUT2D eigenvalue weighted by Gasteiger charge is -2.53. The van der Waals surface area contributed by atoms with Crippen molar-refractivity contribution in [2.24, 2.45) is 10.7 Å². The van der Waals surface area contributed by atoms with E-state index in [4.69, 9.17) is 17.3 Å². The van der Waals surface area contributed by atoms with Gasteiger partial charge in [-0.25, -0.2) is 4.39 Å². The van der Waals surface area contributed by atoms with Crippen LogP contribution in [0, 0.1) is 5.82 Å². The van der Waals surface area contributed by atoms with Crippen molar-refractivity contribution in [2.75, 3.05) is 11.1 Å². The zero-order chi connectivity index (χ0) is 21.6. The number of aliphatic imine (C=N–C) groups is 1. The number of amidine groups is 1. The van der Waals surface area contributed by atoms with Gasteiger partial charge in [0, 0.05) is 21.8 Å². The SMILES string of the molecule is CC1(C)C(N)=N[C@](C)(c2cc(C(=O)Nc3ccc(Cl)cc3)ccc2F)CS1(O)O. The highest BCUT2D eigenvalue weighted by molar-refractivity contribution is 8.26. The molecule has 0 aromatic heterocycles. The molecule has 1 atom stereocenters. The Morgan fingerprint density at radius 3 is 2.41 bits per heavy atom. The van der Waals surface area contributed by atoms with Gasteiger partial charge in [-0.15, -0.1) is 0 Å². The van der Waals surface area contributed by atoms with Crippen LogP contribution in [-0.4, -0.2) is 31.3 Å². The fourth-order valence-electron chi connectivity index (χ4n) is 3.13. The van der Waals surface area contributed by atoms with Gasteiger partial charge in [-0.1, -0.05) is 11.6 Å². The summed E-state index contributed by atoms with van der Waals surface area (Å²) in [6, 6.07) is 10.5. The Morgan fingerprint density at radius 2 is 1.83 bits per heavy atom. The first-order valence-corrected chi connectivity index (χ1v) is 10.9. The summed E-state index contributed by atoms with van der Waals surface area (Å²) in [5, 5.41) is 3.25. The van der Waals surface area contributed by atoms with Crippen LogP contribution in [0.3, 0.4) is 0 Å². The normalized spacial score (nSPS) is 23.8. The lowest BCUT2D eigenvalue weighted by molar-refractivity contribution is 0.102. The summed E-state index contributed by atoms with van der Waals surface area (Å²) in [6.45, 7) is 4.75. The fourth-order valence-corrected chi connectivity index (χ4v) is 5.00. The minimum atomic E-state index is -3.20. The maximum Gasteiger partial charge on any atom is 0.255 e. The molecule has 1 aliphatic heterocycles. The predicted molar refractivity (Wildman–Crippen MR) is 117 cm³/mol. The van der Waals surface area contributed by atoms with E-state index in [1.54, 1.807) is 45.0 Å². The number of halogens is 2. The Kier molecular flexibility index (Phi) is 5.42. The molecule has 3 rings (SSSR count).